The van der Waals surface area contributed by atoms with E-state index in [9.17, 15) is 13.2 Å². The highest BCUT2D eigenvalue weighted by atomic mass is 32.2. The van der Waals surface area contributed by atoms with Gasteiger partial charge in [-0.1, -0.05) is 12.1 Å². The Hall–Kier alpha value is -3.12. The van der Waals surface area contributed by atoms with Gasteiger partial charge in [-0.3, -0.25) is 9.69 Å². The van der Waals surface area contributed by atoms with Gasteiger partial charge in [0.2, 0.25) is 10.0 Å². The number of nitrogens with zero attached hydrogens (tertiary/aromatic N) is 4. The predicted molar refractivity (Wildman–Crippen MR) is 127 cm³/mol. The van der Waals surface area contributed by atoms with Crippen LogP contribution >= 0.6 is 0 Å². The molecule has 1 saturated heterocycles. The van der Waals surface area contributed by atoms with Gasteiger partial charge < -0.3 is 15.6 Å². The average molecular weight is 486 g/mol. The highest BCUT2D eigenvalue weighted by Crippen LogP contribution is 2.32. The zero-order valence-corrected chi connectivity index (χ0v) is 19.7. The lowest BCUT2D eigenvalue weighted by Gasteiger charge is -2.33. The number of amides is 1. The minimum Gasteiger partial charge on any atom is -0.493 e. The molecule has 34 heavy (non-hydrogen) atoms. The Morgan fingerprint density at radius 2 is 1.94 bits per heavy atom. The summed E-state index contributed by atoms with van der Waals surface area (Å²) in [6, 6.07) is 9.68. The van der Waals surface area contributed by atoms with Gasteiger partial charge in [0.05, 0.1) is 34.8 Å². The number of sulfonamides is 1. The van der Waals surface area contributed by atoms with Crippen LogP contribution in [-0.2, 0) is 10.0 Å². The Morgan fingerprint density at radius 3 is 2.62 bits per heavy atom. The number of hydrogen-bond donors (Lipinski definition) is 2. The molecule has 10 nitrogen and oxygen atoms in total. The Kier molecular flexibility index (Phi) is 7.08. The van der Waals surface area contributed by atoms with E-state index in [-0.39, 0.29) is 22.9 Å². The molecule has 1 aliphatic rings. The third-order valence-corrected chi connectivity index (χ3v) is 7.65. The molecule has 2 heterocycles. The van der Waals surface area contributed by atoms with Crippen molar-refractivity contribution in [3.8, 4) is 17.1 Å². The van der Waals surface area contributed by atoms with Crippen LogP contribution in [0.1, 0.15) is 17.3 Å². The van der Waals surface area contributed by atoms with E-state index in [1.807, 2.05) is 11.8 Å². The monoisotopic (exact) mass is 485 g/mol. The highest BCUT2D eigenvalue weighted by Gasteiger charge is 2.29. The number of aliphatic hydroxyl groups is 1. The summed E-state index contributed by atoms with van der Waals surface area (Å²) in [6.07, 6.45) is 1.57. The molecule has 0 spiro atoms. The molecule has 0 unspecified atom stereocenters. The normalized spacial score (nSPS) is 15.5. The molecule has 2 aromatic carbocycles. The minimum atomic E-state index is -3.77. The third-order valence-electron chi connectivity index (χ3n) is 5.75. The standard InChI is InChI=1S/C23H27N5O5S/c1-2-33-20-7-6-17(34(31,32)28-10-8-27(9-11-28)12-13-29)14-19(20)23-25-15-16-4-3-5-18(22(24)30)21(16)26-23/h3-7,14-15,29H,2,8-13H2,1H3,(H2,24,30). The zero-order valence-electron chi connectivity index (χ0n) is 18.8. The Labute approximate surface area is 198 Å². The number of carbonyl (C=O) groups is 1. The van der Waals surface area contributed by atoms with Gasteiger partial charge in [0.1, 0.15) is 5.75 Å². The van der Waals surface area contributed by atoms with E-state index in [1.165, 1.54) is 16.4 Å². The number of ether oxygens (including phenoxy) is 1. The first-order valence-electron chi connectivity index (χ1n) is 11.0. The molecule has 4 rings (SSSR count). The molecule has 0 atom stereocenters. The van der Waals surface area contributed by atoms with Crippen LogP contribution in [0.4, 0.5) is 0 Å². The topological polar surface area (TPSA) is 139 Å². The maximum atomic E-state index is 13.4. The van der Waals surface area contributed by atoms with E-state index in [2.05, 4.69) is 9.97 Å². The van der Waals surface area contributed by atoms with E-state index in [4.69, 9.17) is 15.6 Å². The van der Waals surface area contributed by atoms with Crippen LogP contribution in [0.15, 0.2) is 47.5 Å². The van der Waals surface area contributed by atoms with Crippen molar-refractivity contribution in [2.24, 2.45) is 5.73 Å². The second-order valence-electron chi connectivity index (χ2n) is 7.86. The minimum absolute atomic E-state index is 0.0399. The number of hydrogen-bond acceptors (Lipinski definition) is 8. The largest absolute Gasteiger partial charge is 0.493 e. The molecular formula is C23H27N5O5S. The fraction of sp³-hybridized carbons (Fsp3) is 0.348. The van der Waals surface area contributed by atoms with Crippen LogP contribution in [0.25, 0.3) is 22.3 Å². The smallest absolute Gasteiger partial charge is 0.250 e. The quantitative estimate of drug-likeness (QED) is 0.483. The van der Waals surface area contributed by atoms with Gasteiger partial charge in [-0.05, 0) is 31.2 Å². The zero-order chi connectivity index (χ0) is 24.3. The Balaban J connectivity index is 1.75. The molecule has 3 aromatic rings. The van der Waals surface area contributed by atoms with Crippen LogP contribution < -0.4 is 10.5 Å². The number of primary amides is 1. The molecule has 1 aliphatic heterocycles. The summed E-state index contributed by atoms with van der Waals surface area (Å²) in [4.78, 5) is 23.0. The molecule has 0 saturated carbocycles. The number of carbonyl (C=O) groups excluding carboxylic acids is 1. The van der Waals surface area contributed by atoms with Gasteiger partial charge in [0.15, 0.2) is 5.82 Å². The molecule has 1 aromatic heterocycles. The van der Waals surface area contributed by atoms with E-state index < -0.39 is 15.9 Å². The van der Waals surface area contributed by atoms with Crippen LogP contribution in [0, 0.1) is 0 Å². The Morgan fingerprint density at radius 1 is 1.18 bits per heavy atom. The van der Waals surface area contributed by atoms with Crippen LogP contribution in [0.5, 0.6) is 5.75 Å². The SMILES string of the molecule is CCOc1ccc(S(=O)(=O)N2CCN(CCO)CC2)cc1-c1ncc2cccc(C(N)=O)c2n1. The highest BCUT2D eigenvalue weighted by molar-refractivity contribution is 7.89. The van der Waals surface area contributed by atoms with E-state index in [0.29, 0.717) is 61.5 Å². The van der Waals surface area contributed by atoms with Crippen molar-refractivity contribution in [1.82, 2.24) is 19.2 Å². The van der Waals surface area contributed by atoms with Crippen molar-refractivity contribution in [3.63, 3.8) is 0 Å². The fourth-order valence-electron chi connectivity index (χ4n) is 3.99. The summed E-state index contributed by atoms with van der Waals surface area (Å²) in [5.41, 5.74) is 6.56. The number of aliphatic hydroxyl groups excluding tert-OH is 1. The van der Waals surface area contributed by atoms with Crippen molar-refractivity contribution in [3.05, 3.63) is 48.2 Å². The summed E-state index contributed by atoms with van der Waals surface area (Å²) in [6.45, 7) is 4.52. The maximum Gasteiger partial charge on any atom is 0.250 e. The average Bonchev–Trinajstić information content (AvgIpc) is 2.84. The molecule has 180 valence electrons. The van der Waals surface area contributed by atoms with Crippen LogP contribution in [0.2, 0.25) is 0 Å². The molecule has 0 radical (unpaired) electrons. The second-order valence-corrected chi connectivity index (χ2v) is 9.80. The van der Waals surface area contributed by atoms with E-state index >= 15 is 0 Å². The molecule has 11 heteroatoms. The maximum absolute atomic E-state index is 13.4. The van der Waals surface area contributed by atoms with Gasteiger partial charge in [-0.25, -0.2) is 18.4 Å². The number of aromatic nitrogens is 2. The lowest BCUT2D eigenvalue weighted by molar-refractivity contribution is 0.100. The summed E-state index contributed by atoms with van der Waals surface area (Å²) in [7, 11) is -3.77. The molecule has 0 bridgehead atoms. The predicted octanol–water partition coefficient (Wildman–Crippen LogP) is 1.09. The Bertz CT molecular complexity index is 1310. The number of nitrogens with two attached hydrogens (primary N) is 1. The van der Waals surface area contributed by atoms with Gasteiger partial charge in [0.25, 0.3) is 5.91 Å². The first-order chi connectivity index (χ1) is 16.3. The number of piperazine rings is 1. The summed E-state index contributed by atoms with van der Waals surface area (Å²) >= 11 is 0. The van der Waals surface area contributed by atoms with Crippen molar-refractivity contribution in [2.45, 2.75) is 11.8 Å². The van der Waals surface area contributed by atoms with Crippen LogP contribution in [-0.4, -0.2) is 84.5 Å². The fourth-order valence-corrected chi connectivity index (χ4v) is 5.44. The van der Waals surface area contributed by atoms with Gasteiger partial charge in [-0.2, -0.15) is 4.31 Å². The number of para-hydroxylation sites is 1. The lowest BCUT2D eigenvalue weighted by atomic mass is 10.1. The van der Waals surface area contributed by atoms with Crippen molar-refractivity contribution in [1.29, 1.82) is 0 Å². The van der Waals surface area contributed by atoms with E-state index in [1.54, 1.807) is 30.5 Å². The lowest BCUT2D eigenvalue weighted by Crippen LogP contribution is -2.49. The molecular weight excluding hydrogens is 458 g/mol. The summed E-state index contributed by atoms with van der Waals surface area (Å²) in [5.74, 6) is 0.0523. The number of benzene rings is 2. The van der Waals surface area contributed by atoms with Gasteiger partial charge in [-0.15, -0.1) is 0 Å². The first-order valence-corrected chi connectivity index (χ1v) is 12.4. The number of β-amino-alcohol motifs (C(OH)–C–C–N with tert-alkyl or cyclic N) is 1. The van der Waals surface area contributed by atoms with Crippen LogP contribution in [0.3, 0.4) is 0 Å². The third kappa shape index (κ3) is 4.73. The summed E-state index contributed by atoms with van der Waals surface area (Å²) < 4.78 is 33.9. The molecule has 1 fully saturated rings. The van der Waals surface area contributed by atoms with Gasteiger partial charge >= 0.3 is 0 Å². The second kappa shape index (κ2) is 10.0. The summed E-state index contributed by atoms with van der Waals surface area (Å²) in [5, 5.41) is 9.76. The van der Waals surface area contributed by atoms with Crippen molar-refractivity contribution < 1.29 is 23.1 Å². The molecule has 1 amide bonds. The first kappa shape index (κ1) is 24.0. The van der Waals surface area contributed by atoms with Crippen molar-refractivity contribution >= 4 is 26.8 Å². The van der Waals surface area contributed by atoms with E-state index in [0.717, 1.165) is 0 Å². The van der Waals surface area contributed by atoms with Crippen molar-refractivity contribution in [2.75, 3.05) is 45.9 Å². The number of rotatable bonds is 8. The molecule has 0 aliphatic carbocycles. The molecule has 3 N–H and O–H groups in total. The number of fused-ring (bicyclic) bond motifs is 1. The van der Waals surface area contributed by atoms with Gasteiger partial charge in [0, 0.05) is 44.3 Å².